The van der Waals surface area contributed by atoms with Crippen LogP contribution < -0.4 is 5.32 Å². The van der Waals surface area contributed by atoms with Gasteiger partial charge in [-0.05, 0) is 26.3 Å². The van der Waals surface area contributed by atoms with Gasteiger partial charge in [0.15, 0.2) is 0 Å². The van der Waals surface area contributed by atoms with E-state index in [2.05, 4.69) is 5.32 Å². The zero-order valence-corrected chi connectivity index (χ0v) is 10.1. The molecule has 0 spiro atoms. The lowest BCUT2D eigenvalue weighted by molar-refractivity contribution is 0.0482. The molecule has 1 unspecified atom stereocenters. The number of amides is 1. The molecule has 94 valence electrons. The van der Waals surface area contributed by atoms with Gasteiger partial charge in [0.2, 0.25) is 0 Å². The van der Waals surface area contributed by atoms with Gasteiger partial charge in [-0.1, -0.05) is 30.3 Å². The highest BCUT2D eigenvalue weighted by Gasteiger charge is 2.19. The molecule has 1 atom stereocenters. The maximum absolute atomic E-state index is 11.6. The maximum atomic E-state index is 11.6. The van der Waals surface area contributed by atoms with Crippen molar-refractivity contribution in [3.8, 4) is 0 Å². The summed E-state index contributed by atoms with van der Waals surface area (Å²) in [7, 11) is 0. The van der Waals surface area contributed by atoms with Crippen LogP contribution in [0.2, 0.25) is 0 Å². The molecule has 0 aromatic heterocycles. The van der Waals surface area contributed by atoms with Crippen LogP contribution in [0, 0.1) is 0 Å². The molecule has 0 heterocycles. The number of benzene rings is 1. The lowest BCUT2D eigenvalue weighted by Gasteiger charge is -2.22. The number of aliphatic hydroxyl groups is 1. The van der Waals surface area contributed by atoms with Crippen LogP contribution in [0.4, 0.5) is 4.79 Å². The van der Waals surface area contributed by atoms with Crippen LogP contribution in [-0.4, -0.2) is 23.4 Å². The number of hydrogen-bond donors (Lipinski definition) is 2. The number of ether oxygens (including phenoxy) is 1. The minimum Gasteiger partial charge on any atom is -0.444 e. The number of carbonyl (C=O) groups is 1. The van der Waals surface area contributed by atoms with Gasteiger partial charge in [0, 0.05) is 1.37 Å². The predicted octanol–water partition coefficient (Wildman–Crippen LogP) is 2.24. The third-order valence-corrected chi connectivity index (χ3v) is 2.05. The molecule has 1 aromatic rings. The summed E-state index contributed by atoms with van der Waals surface area (Å²) in [4.78, 5) is 11.6. The summed E-state index contributed by atoms with van der Waals surface area (Å²) < 4.78 is 12.3. The Labute approximate surface area is 103 Å². The summed E-state index contributed by atoms with van der Waals surface area (Å²) in [6.45, 7) is 3.10. The Kier molecular flexibility index (Phi) is 3.98. The first-order chi connectivity index (χ1) is 8.48. The van der Waals surface area contributed by atoms with Gasteiger partial charge >= 0.3 is 6.09 Å². The Morgan fingerprint density at radius 1 is 1.53 bits per heavy atom. The molecule has 17 heavy (non-hydrogen) atoms. The van der Waals surface area contributed by atoms with Crippen molar-refractivity contribution in [1.82, 2.24) is 5.32 Å². The molecule has 2 N–H and O–H groups in total. The third-order valence-electron chi connectivity index (χ3n) is 2.05. The van der Waals surface area contributed by atoms with Crippen molar-refractivity contribution >= 4 is 6.09 Å². The first-order valence-corrected chi connectivity index (χ1v) is 5.43. The Morgan fingerprint density at radius 3 is 2.71 bits per heavy atom. The van der Waals surface area contributed by atoms with Gasteiger partial charge in [0.1, 0.15) is 5.60 Å². The molecule has 1 amide bonds. The number of hydrogen-bond acceptors (Lipinski definition) is 3. The van der Waals surface area contributed by atoms with Crippen molar-refractivity contribution in [2.75, 3.05) is 6.61 Å². The molecule has 0 bridgehead atoms. The summed E-state index contributed by atoms with van der Waals surface area (Å²) in [5, 5.41) is 11.9. The monoisotopic (exact) mass is 238 g/mol. The van der Waals surface area contributed by atoms with E-state index in [1.165, 1.54) is 0 Å². The lowest BCUT2D eigenvalue weighted by atomic mass is 10.1. The first-order valence-electron chi connectivity index (χ1n) is 6.14. The van der Waals surface area contributed by atoms with E-state index in [1.807, 2.05) is 30.3 Å². The van der Waals surface area contributed by atoms with E-state index in [-0.39, 0.29) is 13.5 Å². The van der Waals surface area contributed by atoms with Gasteiger partial charge < -0.3 is 15.2 Å². The Balaban J connectivity index is 2.62. The van der Waals surface area contributed by atoms with E-state index < -0.39 is 17.7 Å². The highest BCUT2D eigenvalue weighted by atomic mass is 16.6. The van der Waals surface area contributed by atoms with E-state index in [1.54, 1.807) is 13.8 Å². The molecule has 1 rings (SSSR count). The Bertz CT molecular complexity index is 381. The van der Waals surface area contributed by atoms with Crippen LogP contribution in [0.25, 0.3) is 0 Å². The smallest absolute Gasteiger partial charge is 0.408 e. The second-order valence-corrected chi connectivity index (χ2v) is 4.44. The minimum atomic E-state index is -0.833. The summed E-state index contributed by atoms with van der Waals surface area (Å²) in [6, 6.07) is 8.66. The summed E-state index contributed by atoms with van der Waals surface area (Å²) in [5.74, 6) is 0. The zero-order valence-electron chi connectivity index (χ0n) is 11.1. The Hall–Kier alpha value is -1.55. The van der Waals surface area contributed by atoms with Crippen molar-refractivity contribution < 1.29 is 16.0 Å². The predicted molar refractivity (Wildman–Crippen MR) is 65.6 cm³/mol. The molecule has 0 aliphatic heterocycles. The van der Waals surface area contributed by atoms with Gasteiger partial charge in [-0.25, -0.2) is 4.79 Å². The highest BCUT2D eigenvalue weighted by Crippen LogP contribution is 2.13. The molecule has 0 saturated heterocycles. The van der Waals surface area contributed by atoms with Crippen LogP contribution in [0.15, 0.2) is 30.3 Å². The number of aliphatic hydroxyl groups excluding tert-OH is 1. The maximum Gasteiger partial charge on any atom is 0.408 e. The first kappa shape index (κ1) is 11.9. The van der Waals surface area contributed by atoms with Gasteiger partial charge in [0.05, 0.1) is 12.6 Å². The largest absolute Gasteiger partial charge is 0.444 e. The fourth-order valence-corrected chi connectivity index (χ4v) is 1.34. The third kappa shape index (κ3) is 4.87. The van der Waals surface area contributed by atoms with Crippen LogP contribution in [0.3, 0.4) is 0 Å². The second-order valence-electron chi connectivity index (χ2n) is 4.44. The van der Waals surface area contributed by atoms with Crippen molar-refractivity contribution in [2.24, 2.45) is 0 Å². The van der Waals surface area contributed by atoms with Crippen molar-refractivity contribution in [3.63, 3.8) is 0 Å². The quantitative estimate of drug-likeness (QED) is 0.849. The number of nitrogens with one attached hydrogen (secondary N) is 1. The topological polar surface area (TPSA) is 58.6 Å². The standard InChI is InChI=1S/C13H19NO3/c1-13(2,3)17-12(16)14-11(9-15)10-7-5-4-6-8-10/h4-8,11,15H,9H2,1-3H3,(H,14,16)/i1D. The van der Waals surface area contributed by atoms with Gasteiger partial charge in [-0.15, -0.1) is 0 Å². The van der Waals surface area contributed by atoms with Crippen LogP contribution >= 0.6 is 0 Å². The van der Waals surface area contributed by atoms with Gasteiger partial charge in [0.25, 0.3) is 0 Å². The average molecular weight is 238 g/mol. The molecule has 0 aliphatic rings. The molecule has 4 heteroatoms. The minimum absolute atomic E-state index is 0.0183. The van der Waals surface area contributed by atoms with Gasteiger partial charge in [-0.3, -0.25) is 0 Å². The van der Waals surface area contributed by atoms with Crippen molar-refractivity contribution in [2.45, 2.75) is 32.4 Å². The second kappa shape index (κ2) is 5.68. The lowest BCUT2D eigenvalue weighted by Crippen LogP contribution is -2.36. The number of carbonyl (C=O) groups excluding carboxylic acids is 1. The molecule has 1 aromatic carbocycles. The summed E-state index contributed by atoms with van der Waals surface area (Å²) in [5.41, 5.74) is -0.0264. The molecular formula is C13H19NO3. The van der Waals surface area contributed by atoms with Gasteiger partial charge in [-0.2, -0.15) is 0 Å². The molecule has 0 fully saturated rings. The summed E-state index contributed by atoms with van der Waals surface area (Å²) >= 11 is 0. The number of alkyl carbamates (subject to hydrolysis) is 1. The average Bonchev–Trinajstić information content (AvgIpc) is 2.36. The van der Waals surface area contributed by atoms with Crippen LogP contribution in [-0.2, 0) is 4.74 Å². The molecule has 0 saturated carbocycles. The Morgan fingerprint density at radius 2 is 2.18 bits per heavy atom. The van der Waals surface area contributed by atoms with E-state index in [0.717, 1.165) is 5.56 Å². The zero-order chi connectivity index (χ0) is 13.6. The highest BCUT2D eigenvalue weighted by molar-refractivity contribution is 5.68. The van der Waals surface area contributed by atoms with Crippen LogP contribution in [0.1, 0.15) is 33.7 Å². The van der Waals surface area contributed by atoms with E-state index in [9.17, 15) is 9.90 Å². The number of rotatable bonds is 3. The normalized spacial score (nSPS) is 13.7. The van der Waals surface area contributed by atoms with E-state index >= 15 is 0 Å². The fraction of sp³-hybridized carbons (Fsp3) is 0.462. The molecule has 0 radical (unpaired) electrons. The van der Waals surface area contributed by atoms with E-state index in [4.69, 9.17) is 6.11 Å². The van der Waals surface area contributed by atoms with Crippen molar-refractivity contribution in [1.29, 1.82) is 0 Å². The van der Waals surface area contributed by atoms with Crippen LogP contribution in [0.5, 0.6) is 0 Å². The molecule has 4 nitrogen and oxygen atoms in total. The molecular weight excluding hydrogens is 218 g/mol. The van der Waals surface area contributed by atoms with Crippen molar-refractivity contribution in [3.05, 3.63) is 35.9 Å². The van der Waals surface area contributed by atoms with E-state index in [0.29, 0.717) is 0 Å². The fourth-order valence-electron chi connectivity index (χ4n) is 1.34. The summed E-state index contributed by atoms with van der Waals surface area (Å²) in [6.07, 6.45) is -0.629. The molecule has 0 aliphatic carbocycles. The SMILES string of the molecule is [2H]CC(C)(C)OC(=O)NC(CO)c1ccccc1.